The van der Waals surface area contributed by atoms with Crippen LogP contribution >= 0.6 is 11.6 Å². The van der Waals surface area contributed by atoms with Gasteiger partial charge in [-0.05, 0) is 42.0 Å². The molecule has 0 bridgehead atoms. The van der Waals surface area contributed by atoms with E-state index < -0.39 is 10.0 Å². The van der Waals surface area contributed by atoms with Crippen molar-refractivity contribution >= 4 is 27.3 Å². The summed E-state index contributed by atoms with van der Waals surface area (Å²) in [5, 5.41) is 0.500. The second-order valence-corrected chi connectivity index (χ2v) is 8.38. The Morgan fingerprint density at radius 2 is 1.44 bits per heavy atom. The summed E-state index contributed by atoms with van der Waals surface area (Å²) in [6.45, 7) is 0.236. The molecule has 3 aromatic rings. The zero-order valence-electron chi connectivity index (χ0n) is 14.9. The number of nitrogens with one attached hydrogen (secondary N) is 1. The fourth-order valence-corrected chi connectivity index (χ4v) is 4.05. The predicted octanol–water partition coefficient (Wildman–Crippen LogP) is 4.50. The van der Waals surface area contributed by atoms with Crippen LogP contribution in [0.25, 0.3) is 0 Å². The van der Waals surface area contributed by atoms with E-state index in [-0.39, 0.29) is 17.5 Å². The van der Waals surface area contributed by atoms with Crippen LogP contribution in [-0.4, -0.2) is 22.0 Å². The fourth-order valence-electron chi connectivity index (χ4n) is 2.88. The molecule has 0 fully saturated rings. The fraction of sp³-hybridized carbons (Fsp3) is 0.143. The lowest BCUT2D eigenvalue weighted by atomic mass is 10.1. The van der Waals surface area contributed by atoms with Crippen molar-refractivity contribution in [1.82, 2.24) is 4.72 Å². The molecular formula is C21H21ClN2O2S. The maximum absolute atomic E-state index is 12.7. The standard InChI is InChI=1S/C21H21ClN2O2S/c1-24(19-10-6-3-7-11-19)21(17-8-4-2-5-9-17)16-23-27(25,26)20-14-12-18(22)13-15-20/h2-15,21,23H,16H2,1H3/t21-/m1/s1. The predicted molar refractivity (Wildman–Crippen MR) is 111 cm³/mol. The summed E-state index contributed by atoms with van der Waals surface area (Å²) >= 11 is 5.86. The Bertz CT molecular complexity index is 962. The lowest BCUT2D eigenvalue weighted by Gasteiger charge is -2.30. The number of hydrogen-bond acceptors (Lipinski definition) is 3. The molecule has 0 heterocycles. The minimum absolute atomic E-state index is 0.157. The summed E-state index contributed by atoms with van der Waals surface area (Å²) < 4.78 is 28.1. The number of hydrogen-bond donors (Lipinski definition) is 1. The quantitative estimate of drug-likeness (QED) is 0.635. The molecule has 0 unspecified atom stereocenters. The van der Waals surface area contributed by atoms with Crippen LogP contribution in [0, 0.1) is 0 Å². The first kappa shape index (κ1) is 19.4. The van der Waals surface area contributed by atoms with Crippen molar-refractivity contribution in [1.29, 1.82) is 0 Å². The van der Waals surface area contributed by atoms with Crippen LogP contribution in [0.3, 0.4) is 0 Å². The molecule has 3 aromatic carbocycles. The first-order valence-electron chi connectivity index (χ1n) is 8.55. The van der Waals surface area contributed by atoms with Gasteiger partial charge >= 0.3 is 0 Å². The summed E-state index contributed by atoms with van der Waals surface area (Å²) in [5.41, 5.74) is 2.04. The Morgan fingerprint density at radius 3 is 2.04 bits per heavy atom. The number of halogens is 1. The number of rotatable bonds is 7. The molecule has 1 N–H and O–H groups in total. The molecule has 0 aromatic heterocycles. The normalized spacial score (nSPS) is 12.5. The van der Waals surface area contributed by atoms with Crippen molar-refractivity contribution in [3.8, 4) is 0 Å². The maximum atomic E-state index is 12.7. The number of para-hydroxylation sites is 1. The van der Waals surface area contributed by atoms with E-state index >= 15 is 0 Å². The van der Waals surface area contributed by atoms with E-state index in [1.54, 1.807) is 12.1 Å². The molecule has 0 spiro atoms. The first-order chi connectivity index (χ1) is 13.0. The van der Waals surface area contributed by atoms with Gasteiger partial charge in [-0.15, -0.1) is 0 Å². The first-order valence-corrected chi connectivity index (χ1v) is 10.4. The smallest absolute Gasteiger partial charge is 0.240 e. The lowest BCUT2D eigenvalue weighted by molar-refractivity contribution is 0.567. The molecule has 4 nitrogen and oxygen atoms in total. The average molecular weight is 401 g/mol. The molecular weight excluding hydrogens is 380 g/mol. The third-order valence-electron chi connectivity index (χ3n) is 4.41. The number of anilines is 1. The average Bonchev–Trinajstić information content (AvgIpc) is 2.70. The molecule has 3 rings (SSSR count). The largest absolute Gasteiger partial charge is 0.366 e. The van der Waals surface area contributed by atoms with Crippen LogP contribution in [0.2, 0.25) is 5.02 Å². The monoisotopic (exact) mass is 400 g/mol. The highest BCUT2D eigenvalue weighted by molar-refractivity contribution is 7.89. The van der Waals surface area contributed by atoms with Gasteiger partial charge < -0.3 is 4.90 Å². The second-order valence-electron chi connectivity index (χ2n) is 6.18. The Hall–Kier alpha value is -2.34. The topological polar surface area (TPSA) is 49.4 Å². The van der Waals surface area contributed by atoms with Gasteiger partial charge in [0.2, 0.25) is 10.0 Å². The molecule has 27 heavy (non-hydrogen) atoms. The van der Waals surface area contributed by atoms with Crippen LogP contribution in [-0.2, 0) is 10.0 Å². The molecule has 0 radical (unpaired) electrons. The maximum Gasteiger partial charge on any atom is 0.240 e. The van der Waals surface area contributed by atoms with Gasteiger partial charge in [0.15, 0.2) is 0 Å². The van der Waals surface area contributed by atoms with Gasteiger partial charge in [0.05, 0.1) is 10.9 Å². The van der Waals surface area contributed by atoms with E-state index in [4.69, 9.17) is 11.6 Å². The van der Waals surface area contributed by atoms with Crippen molar-refractivity contribution in [2.75, 3.05) is 18.5 Å². The molecule has 0 saturated carbocycles. The minimum Gasteiger partial charge on any atom is -0.366 e. The minimum atomic E-state index is -3.63. The Balaban J connectivity index is 1.85. The number of sulfonamides is 1. The molecule has 6 heteroatoms. The van der Waals surface area contributed by atoms with Crippen LogP contribution in [0.1, 0.15) is 11.6 Å². The van der Waals surface area contributed by atoms with Crippen LogP contribution < -0.4 is 9.62 Å². The Kier molecular flexibility index (Phi) is 6.16. The molecule has 0 aliphatic heterocycles. The molecule has 140 valence electrons. The van der Waals surface area contributed by atoms with E-state index in [1.807, 2.05) is 67.7 Å². The number of likely N-dealkylation sites (N-methyl/N-ethyl adjacent to an activating group) is 1. The summed E-state index contributed by atoms with van der Waals surface area (Å²) in [5.74, 6) is 0. The molecule has 0 aliphatic carbocycles. The number of benzene rings is 3. The van der Waals surface area contributed by atoms with Gasteiger partial charge in [0.25, 0.3) is 0 Å². The molecule has 0 aliphatic rings. The third-order valence-corrected chi connectivity index (χ3v) is 6.10. The van der Waals surface area contributed by atoms with Crippen molar-refractivity contribution in [3.63, 3.8) is 0 Å². The van der Waals surface area contributed by atoms with Crippen molar-refractivity contribution in [3.05, 3.63) is 95.5 Å². The molecule has 1 atom stereocenters. The van der Waals surface area contributed by atoms with Gasteiger partial charge in [0, 0.05) is 24.3 Å². The highest BCUT2D eigenvalue weighted by Gasteiger charge is 2.21. The SMILES string of the molecule is CN(c1ccccc1)[C@H](CNS(=O)(=O)c1ccc(Cl)cc1)c1ccccc1. The van der Waals surface area contributed by atoms with E-state index in [0.717, 1.165) is 11.3 Å². The van der Waals surface area contributed by atoms with E-state index in [2.05, 4.69) is 9.62 Å². The Morgan fingerprint density at radius 1 is 0.889 bits per heavy atom. The van der Waals surface area contributed by atoms with Crippen molar-refractivity contribution < 1.29 is 8.42 Å². The highest BCUT2D eigenvalue weighted by atomic mass is 35.5. The summed E-state index contributed by atoms with van der Waals surface area (Å²) in [7, 11) is -1.67. The van der Waals surface area contributed by atoms with Gasteiger partial charge in [0.1, 0.15) is 0 Å². The third kappa shape index (κ3) is 4.89. The van der Waals surface area contributed by atoms with Crippen LogP contribution in [0.5, 0.6) is 0 Å². The van der Waals surface area contributed by atoms with Crippen LogP contribution in [0.15, 0.2) is 89.8 Å². The van der Waals surface area contributed by atoms with Gasteiger partial charge in [-0.3, -0.25) is 0 Å². The summed E-state index contributed by atoms with van der Waals surface area (Å²) in [6.07, 6.45) is 0. The zero-order chi connectivity index (χ0) is 19.3. The summed E-state index contributed by atoms with van der Waals surface area (Å²) in [4.78, 5) is 2.26. The van der Waals surface area contributed by atoms with Crippen molar-refractivity contribution in [2.45, 2.75) is 10.9 Å². The summed E-state index contributed by atoms with van der Waals surface area (Å²) in [6, 6.07) is 25.7. The van der Waals surface area contributed by atoms with Gasteiger partial charge in [-0.1, -0.05) is 60.1 Å². The van der Waals surface area contributed by atoms with Crippen LogP contribution in [0.4, 0.5) is 5.69 Å². The highest BCUT2D eigenvalue weighted by Crippen LogP contribution is 2.25. The van der Waals surface area contributed by atoms with Gasteiger partial charge in [-0.2, -0.15) is 0 Å². The second kappa shape index (κ2) is 8.57. The van der Waals surface area contributed by atoms with E-state index in [0.29, 0.717) is 5.02 Å². The van der Waals surface area contributed by atoms with E-state index in [9.17, 15) is 8.42 Å². The lowest BCUT2D eigenvalue weighted by Crippen LogP contribution is -2.36. The number of nitrogens with zero attached hydrogens (tertiary/aromatic N) is 1. The molecule has 0 saturated heterocycles. The van der Waals surface area contributed by atoms with E-state index in [1.165, 1.54) is 12.1 Å². The van der Waals surface area contributed by atoms with Crippen molar-refractivity contribution in [2.24, 2.45) is 0 Å². The molecule has 0 amide bonds. The van der Waals surface area contributed by atoms with Gasteiger partial charge in [-0.25, -0.2) is 13.1 Å². The Labute approximate surface area is 165 Å². The zero-order valence-corrected chi connectivity index (χ0v) is 16.5.